The summed E-state index contributed by atoms with van der Waals surface area (Å²) in [6.45, 7) is 8.12. The molecule has 3 heteroatoms. The first kappa shape index (κ1) is 10.9. The van der Waals surface area contributed by atoms with Crippen molar-refractivity contribution in [1.82, 2.24) is 5.32 Å². The van der Waals surface area contributed by atoms with Crippen molar-refractivity contribution in [2.75, 3.05) is 13.1 Å². The second-order valence-electron chi connectivity index (χ2n) is 5.05. The molecule has 1 spiro atoms. The maximum atomic E-state index is 12.2. The number of hydrogen-bond acceptors (Lipinski definition) is 1. The minimum atomic E-state index is -2.33. The topological polar surface area (TPSA) is 12.0 Å². The summed E-state index contributed by atoms with van der Waals surface area (Å²) in [5, 5.41) is 3.01. The van der Waals surface area contributed by atoms with Crippen LogP contribution in [-0.2, 0) is 0 Å². The van der Waals surface area contributed by atoms with Gasteiger partial charge in [0.15, 0.2) is 0 Å². The highest BCUT2D eigenvalue weighted by Crippen LogP contribution is 2.53. The molecular weight excluding hydrogens is 172 g/mol. The second kappa shape index (κ2) is 3.52. The van der Waals surface area contributed by atoms with Gasteiger partial charge in [-0.3, -0.25) is 0 Å². The zero-order chi connectivity index (χ0) is 10.1. The minimum absolute atomic E-state index is 0.0174. The number of halogens is 2. The van der Waals surface area contributed by atoms with Gasteiger partial charge in [-0.25, -0.2) is 8.78 Å². The smallest absolute Gasteiger partial charge is 0.249 e. The van der Waals surface area contributed by atoms with Crippen LogP contribution in [0.4, 0.5) is 8.78 Å². The Morgan fingerprint density at radius 2 is 1.46 bits per heavy atom. The number of hydrogen-bond donors (Lipinski definition) is 1. The highest BCUT2D eigenvalue weighted by atomic mass is 19.3. The van der Waals surface area contributed by atoms with E-state index in [1.54, 1.807) is 0 Å². The van der Waals surface area contributed by atoms with Crippen LogP contribution in [0.5, 0.6) is 0 Å². The van der Waals surface area contributed by atoms with Crippen LogP contribution < -0.4 is 5.32 Å². The SMILES string of the molecule is CC(C)C.FC1(F)CC2(CNC2)C1. The Morgan fingerprint density at radius 1 is 1.08 bits per heavy atom. The number of alkyl halides is 2. The molecule has 78 valence electrons. The lowest BCUT2D eigenvalue weighted by Gasteiger charge is -2.53. The molecule has 0 aromatic carbocycles. The van der Waals surface area contributed by atoms with Gasteiger partial charge in [-0.1, -0.05) is 20.8 Å². The fourth-order valence-electron chi connectivity index (χ4n) is 1.77. The Morgan fingerprint density at radius 3 is 1.54 bits per heavy atom. The molecular formula is C10H19F2N. The van der Waals surface area contributed by atoms with Gasteiger partial charge in [0.2, 0.25) is 5.92 Å². The molecule has 0 atom stereocenters. The van der Waals surface area contributed by atoms with Gasteiger partial charge in [-0.15, -0.1) is 0 Å². The van der Waals surface area contributed by atoms with Gasteiger partial charge in [-0.2, -0.15) is 0 Å². The summed E-state index contributed by atoms with van der Waals surface area (Å²) in [5.74, 6) is -1.50. The van der Waals surface area contributed by atoms with Crippen LogP contribution in [0.1, 0.15) is 33.6 Å². The summed E-state index contributed by atoms with van der Waals surface area (Å²) in [5.41, 5.74) is 0.0174. The Kier molecular flexibility index (Phi) is 2.95. The highest BCUT2D eigenvalue weighted by Gasteiger charge is 2.58. The monoisotopic (exact) mass is 191 g/mol. The second-order valence-corrected chi connectivity index (χ2v) is 5.05. The first-order valence-electron chi connectivity index (χ1n) is 4.94. The maximum absolute atomic E-state index is 12.2. The summed E-state index contributed by atoms with van der Waals surface area (Å²) in [6, 6.07) is 0. The summed E-state index contributed by atoms with van der Waals surface area (Å²) in [4.78, 5) is 0. The summed E-state index contributed by atoms with van der Waals surface area (Å²) >= 11 is 0. The van der Waals surface area contributed by atoms with Gasteiger partial charge in [0.05, 0.1) is 0 Å². The van der Waals surface area contributed by atoms with Crippen molar-refractivity contribution >= 4 is 0 Å². The van der Waals surface area contributed by atoms with Crippen molar-refractivity contribution in [2.24, 2.45) is 11.3 Å². The fourth-order valence-corrected chi connectivity index (χ4v) is 1.77. The molecule has 1 aliphatic heterocycles. The quantitative estimate of drug-likeness (QED) is 0.620. The molecule has 2 fully saturated rings. The molecule has 1 nitrogen and oxygen atoms in total. The van der Waals surface area contributed by atoms with E-state index in [0.29, 0.717) is 0 Å². The van der Waals surface area contributed by atoms with E-state index in [0.717, 1.165) is 19.0 Å². The van der Waals surface area contributed by atoms with Gasteiger partial charge in [0, 0.05) is 31.3 Å². The molecule has 1 N–H and O–H groups in total. The average Bonchev–Trinajstić information content (AvgIpc) is 1.76. The van der Waals surface area contributed by atoms with E-state index in [1.165, 1.54) is 0 Å². The van der Waals surface area contributed by atoms with Gasteiger partial charge >= 0.3 is 0 Å². The van der Waals surface area contributed by atoms with E-state index < -0.39 is 5.92 Å². The normalized spacial score (nSPS) is 27.2. The lowest BCUT2D eigenvalue weighted by Crippen LogP contribution is -2.64. The number of nitrogens with one attached hydrogen (secondary N) is 1. The van der Waals surface area contributed by atoms with E-state index in [-0.39, 0.29) is 18.3 Å². The van der Waals surface area contributed by atoms with Crippen molar-refractivity contribution in [3.8, 4) is 0 Å². The predicted octanol–water partition coefficient (Wildman–Crippen LogP) is 2.67. The molecule has 13 heavy (non-hydrogen) atoms. The van der Waals surface area contributed by atoms with Crippen LogP contribution in [0.25, 0.3) is 0 Å². The molecule has 1 aliphatic carbocycles. The van der Waals surface area contributed by atoms with Crippen LogP contribution in [0.2, 0.25) is 0 Å². The lowest BCUT2D eigenvalue weighted by atomic mass is 9.62. The van der Waals surface area contributed by atoms with E-state index in [1.807, 2.05) is 0 Å². The van der Waals surface area contributed by atoms with Gasteiger partial charge < -0.3 is 5.32 Å². The Balaban J connectivity index is 0.000000184. The third-order valence-electron chi connectivity index (χ3n) is 2.27. The van der Waals surface area contributed by atoms with Gasteiger partial charge in [0.25, 0.3) is 0 Å². The van der Waals surface area contributed by atoms with E-state index >= 15 is 0 Å². The summed E-state index contributed by atoms with van der Waals surface area (Å²) in [6.07, 6.45) is 0.236. The van der Waals surface area contributed by atoms with Crippen LogP contribution in [0, 0.1) is 11.3 Å². The first-order chi connectivity index (χ1) is 5.85. The molecule has 0 amide bonds. The molecule has 0 unspecified atom stereocenters. The van der Waals surface area contributed by atoms with Crippen LogP contribution in [-0.4, -0.2) is 19.0 Å². The van der Waals surface area contributed by atoms with Crippen molar-refractivity contribution in [1.29, 1.82) is 0 Å². The van der Waals surface area contributed by atoms with Crippen molar-refractivity contribution in [2.45, 2.75) is 39.5 Å². The lowest BCUT2D eigenvalue weighted by molar-refractivity contribution is -0.178. The maximum Gasteiger partial charge on any atom is 0.249 e. The molecule has 1 heterocycles. The highest BCUT2D eigenvalue weighted by molar-refractivity contribution is 5.06. The molecule has 0 aromatic heterocycles. The zero-order valence-corrected chi connectivity index (χ0v) is 8.66. The third-order valence-corrected chi connectivity index (χ3v) is 2.27. The molecule has 1 saturated heterocycles. The van der Waals surface area contributed by atoms with Crippen molar-refractivity contribution < 1.29 is 8.78 Å². The summed E-state index contributed by atoms with van der Waals surface area (Å²) < 4.78 is 24.5. The van der Waals surface area contributed by atoms with Crippen LogP contribution in [0.3, 0.4) is 0 Å². The predicted molar refractivity (Wildman–Crippen MR) is 50.0 cm³/mol. The Hall–Kier alpha value is -0.180. The molecule has 2 aliphatic rings. The molecule has 1 saturated carbocycles. The van der Waals surface area contributed by atoms with E-state index in [4.69, 9.17) is 0 Å². The summed E-state index contributed by atoms with van der Waals surface area (Å²) in [7, 11) is 0. The fraction of sp³-hybridized carbons (Fsp3) is 1.00. The number of rotatable bonds is 0. The van der Waals surface area contributed by atoms with E-state index in [2.05, 4.69) is 26.1 Å². The zero-order valence-electron chi connectivity index (χ0n) is 8.66. The molecule has 0 bridgehead atoms. The molecule has 2 rings (SSSR count). The van der Waals surface area contributed by atoms with Crippen LogP contribution in [0.15, 0.2) is 0 Å². The Bertz CT molecular complexity index is 161. The molecule has 0 radical (unpaired) electrons. The average molecular weight is 191 g/mol. The third kappa shape index (κ3) is 2.90. The van der Waals surface area contributed by atoms with E-state index in [9.17, 15) is 8.78 Å². The minimum Gasteiger partial charge on any atom is -0.316 e. The first-order valence-corrected chi connectivity index (χ1v) is 4.94. The van der Waals surface area contributed by atoms with Crippen molar-refractivity contribution in [3.05, 3.63) is 0 Å². The standard InChI is InChI=1S/C6H9F2N.C4H10/c7-6(8)1-5(2-6)3-9-4-5;1-4(2)3/h9H,1-4H2;4H,1-3H3. The van der Waals surface area contributed by atoms with Gasteiger partial charge in [-0.05, 0) is 5.92 Å². The molecule has 0 aromatic rings. The Labute approximate surface area is 78.9 Å². The van der Waals surface area contributed by atoms with Crippen LogP contribution >= 0.6 is 0 Å². The largest absolute Gasteiger partial charge is 0.316 e. The van der Waals surface area contributed by atoms with Crippen molar-refractivity contribution in [3.63, 3.8) is 0 Å². The van der Waals surface area contributed by atoms with Gasteiger partial charge in [0.1, 0.15) is 0 Å².